The summed E-state index contributed by atoms with van der Waals surface area (Å²) in [6, 6.07) is 0. The first kappa shape index (κ1) is 8.29. The van der Waals surface area contributed by atoms with Crippen molar-refractivity contribution in [3.05, 3.63) is 10.1 Å². The van der Waals surface area contributed by atoms with Gasteiger partial charge in [-0.2, -0.15) is 4.68 Å². The fourth-order valence-electron chi connectivity index (χ4n) is 1.14. The van der Waals surface area contributed by atoms with E-state index in [1.807, 2.05) is 0 Å². The van der Waals surface area contributed by atoms with Gasteiger partial charge in [-0.25, -0.2) is 0 Å². The highest BCUT2D eigenvalue weighted by Crippen LogP contribution is 2.25. The van der Waals surface area contributed by atoms with Gasteiger partial charge < -0.3 is 15.8 Å². The number of hydrogen-bond acceptors (Lipinski definition) is 7. The van der Waals surface area contributed by atoms with Crippen LogP contribution in [0.4, 0.5) is 11.6 Å². The van der Waals surface area contributed by atoms with E-state index in [0.29, 0.717) is 0 Å². The summed E-state index contributed by atoms with van der Waals surface area (Å²) in [5.41, 5.74) is 5.68. The Morgan fingerprint density at radius 3 is 2.86 bits per heavy atom. The maximum absolute atomic E-state index is 10.6. The maximum Gasteiger partial charge on any atom is 0.403 e. The molecule has 0 amide bonds. The molecule has 0 unspecified atom stereocenters. The van der Waals surface area contributed by atoms with Crippen molar-refractivity contribution in [2.75, 3.05) is 5.73 Å². The van der Waals surface area contributed by atoms with Crippen LogP contribution >= 0.6 is 0 Å². The van der Waals surface area contributed by atoms with Gasteiger partial charge in [0.2, 0.25) is 5.65 Å². The molecule has 9 nitrogen and oxygen atoms in total. The lowest BCUT2D eigenvalue weighted by molar-refractivity contribution is -0.388. The van der Waals surface area contributed by atoms with Crippen molar-refractivity contribution >= 4 is 22.7 Å². The number of nitrogens with two attached hydrogens (primary N) is 1. The largest absolute Gasteiger partial charge is 0.403 e. The molecule has 0 aliphatic rings. The van der Waals surface area contributed by atoms with Crippen molar-refractivity contribution in [3.63, 3.8) is 0 Å². The SMILES string of the molecule is Cn1nc([N+](=O)[O-])c2c(N)nnnc21. The Balaban J connectivity index is 2.93. The summed E-state index contributed by atoms with van der Waals surface area (Å²) in [6.07, 6.45) is 0. The Morgan fingerprint density at radius 2 is 2.21 bits per heavy atom. The Morgan fingerprint density at radius 1 is 1.50 bits per heavy atom. The number of nitrogens with zero attached hydrogens (tertiary/aromatic N) is 6. The summed E-state index contributed by atoms with van der Waals surface area (Å²) in [5.74, 6) is -0.405. The third-order valence-corrected chi connectivity index (χ3v) is 1.72. The van der Waals surface area contributed by atoms with E-state index in [-0.39, 0.29) is 22.7 Å². The van der Waals surface area contributed by atoms with Crippen molar-refractivity contribution in [2.45, 2.75) is 0 Å². The molecule has 2 rings (SSSR count). The number of hydrogen-bond donors (Lipinski definition) is 1. The minimum absolute atomic E-state index is 0.0465. The second-order valence-electron chi connectivity index (χ2n) is 2.58. The van der Waals surface area contributed by atoms with Crippen molar-refractivity contribution in [1.29, 1.82) is 0 Å². The minimum Gasteiger partial charge on any atom is -0.381 e. The summed E-state index contributed by atoms with van der Waals surface area (Å²) in [7, 11) is 1.52. The van der Waals surface area contributed by atoms with E-state index < -0.39 is 4.92 Å². The Hall–Kier alpha value is -2.32. The van der Waals surface area contributed by atoms with Crippen LogP contribution in [0.5, 0.6) is 0 Å². The van der Waals surface area contributed by atoms with Crippen molar-refractivity contribution in [3.8, 4) is 0 Å². The van der Waals surface area contributed by atoms with Crippen LogP contribution in [-0.4, -0.2) is 30.1 Å². The van der Waals surface area contributed by atoms with Crippen LogP contribution in [0.25, 0.3) is 11.0 Å². The average molecular weight is 195 g/mol. The Labute approximate surface area is 76.7 Å². The lowest BCUT2D eigenvalue weighted by Gasteiger charge is -1.91. The molecule has 9 heteroatoms. The van der Waals surface area contributed by atoms with Gasteiger partial charge in [-0.05, 0) is 10.1 Å². The van der Waals surface area contributed by atoms with Gasteiger partial charge in [0.1, 0.15) is 0 Å². The fourth-order valence-corrected chi connectivity index (χ4v) is 1.14. The first-order valence-electron chi connectivity index (χ1n) is 3.57. The van der Waals surface area contributed by atoms with E-state index in [4.69, 9.17) is 5.73 Å². The van der Waals surface area contributed by atoms with Gasteiger partial charge in [0.25, 0.3) is 0 Å². The zero-order valence-corrected chi connectivity index (χ0v) is 7.08. The second kappa shape index (κ2) is 2.58. The van der Waals surface area contributed by atoms with Crippen LogP contribution in [0.2, 0.25) is 0 Å². The van der Waals surface area contributed by atoms with Crippen molar-refractivity contribution in [1.82, 2.24) is 25.2 Å². The Bertz CT molecular complexity index is 518. The molecule has 0 atom stereocenters. The number of nitrogen functional groups attached to an aromatic ring is 1. The molecular weight excluding hydrogens is 190 g/mol. The highest BCUT2D eigenvalue weighted by molar-refractivity contribution is 5.92. The van der Waals surface area contributed by atoms with E-state index in [0.717, 1.165) is 0 Å². The van der Waals surface area contributed by atoms with Crippen LogP contribution < -0.4 is 5.73 Å². The van der Waals surface area contributed by atoms with Gasteiger partial charge in [0.05, 0.1) is 12.1 Å². The topological polar surface area (TPSA) is 126 Å². The third-order valence-electron chi connectivity index (χ3n) is 1.72. The maximum atomic E-state index is 10.6. The highest BCUT2D eigenvalue weighted by Gasteiger charge is 2.24. The molecule has 2 heterocycles. The number of nitro groups is 1. The first-order valence-corrected chi connectivity index (χ1v) is 3.57. The molecule has 0 aliphatic heterocycles. The van der Waals surface area contributed by atoms with Crippen molar-refractivity contribution in [2.24, 2.45) is 7.05 Å². The van der Waals surface area contributed by atoms with E-state index in [1.54, 1.807) is 0 Å². The summed E-state index contributed by atoms with van der Waals surface area (Å²) in [4.78, 5) is 9.94. The van der Waals surface area contributed by atoms with Crippen LogP contribution in [0.15, 0.2) is 0 Å². The molecule has 2 aromatic rings. The molecule has 0 fully saturated rings. The molecule has 0 bridgehead atoms. The summed E-state index contributed by atoms with van der Waals surface area (Å²) >= 11 is 0. The third kappa shape index (κ3) is 0.952. The molecule has 0 saturated carbocycles. The lowest BCUT2D eigenvalue weighted by Crippen LogP contribution is -1.99. The smallest absolute Gasteiger partial charge is 0.381 e. The van der Waals surface area contributed by atoms with Gasteiger partial charge in [-0.1, -0.05) is 0 Å². The first-order chi connectivity index (χ1) is 6.61. The molecule has 0 radical (unpaired) electrons. The molecule has 0 aliphatic carbocycles. The summed E-state index contributed by atoms with van der Waals surface area (Å²) in [5, 5.41) is 24.7. The van der Waals surface area contributed by atoms with Gasteiger partial charge in [0.15, 0.2) is 11.2 Å². The molecule has 2 aromatic heterocycles. The predicted molar refractivity (Wildman–Crippen MR) is 45.2 cm³/mol. The standard InChI is InChI=1S/C5H5N7O2/c1-11-4-2(3(6)7-10-8-4)5(9-11)12(13)14/h1H3,(H2,6,7,8). The summed E-state index contributed by atoms with van der Waals surface area (Å²) in [6.45, 7) is 0. The lowest BCUT2D eigenvalue weighted by atomic mass is 10.4. The van der Waals surface area contributed by atoms with E-state index >= 15 is 0 Å². The number of aryl methyl sites for hydroxylation is 1. The molecular formula is C5H5N7O2. The Kier molecular flexibility index (Phi) is 1.53. The average Bonchev–Trinajstić information content (AvgIpc) is 2.46. The second-order valence-corrected chi connectivity index (χ2v) is 2.58. The molecule has 2 N–H and O–H groups in total. The van der Waals surface area contributed by atoms with Crippen LogP contribution in [0.1, 0.15) is 0 Å². The predicted octanol–water partition coefficient (Wildman–Crippen LogP) is -0.751. The summed E-state index contributed by atoms with van der Waals surface area (Å²) < 4.78 is 1.23. The number of fused-ring (bicyclic) bond motifs is 1. The molecule has 14 heavy (non-hydrogen) atoms. The monoisotopic (exact) mass is 195 g/mol. The van der Waals surface area contributed by atoms with E-state index in [1.165, 1.54) is 11.7 Å². The molecule has 0 spiro atoms. The van der Waals surface area contributed by atoms with Gasteiger partial charge in [-0.3, -0.25) is 0 Å². The van der Waals surface area contributed by atoms with Gasteiger partial charge in [0, 0.05) is 0 Å². The van der Waals surface area contributed by atoms with Crippen LogP contribution in [0.3, 0.4) is 0 Å². The number of aromatic nitrogens is 5. The minimum atomic E-state index is -0.637. The zero-order valence-electron chi connectivity index (χ0n) is 7.08. The molecule has 72 valence electrons. The van der Waals surface area contributed by atoms with Crippen molar-refractivity contribution < 1.29 is 4.92 Å². The normalized spacial score (nSPS) is 10.6. The van der Waals surface area contributed by atoms with E-state index in [9.17, 15) is 10.1 Å². The zero-order chi connectivity index (χ0) is 10.3. The molecule has 0 saturated heterocycles. The molecule has 0 aromatic carbocycles. The quantitative estimate of drug-likeness (QED) is 0.468. The number of rotatable bonds is 1. The van der Waals surface area contributed by atoms with E-state index in [2.05, 4.69) is 20.5 Å². The highest BCUT2D eigenvalue weighted by atomic mass is 16.6. The fraction of sp³-hybridized carbons (Fsp3) is 0.200. The van der Waals surface area contributed by atoms with Gasteiger partial charge in [-0.15, -0.1) is 10.2 Å². The van der Waals surface area contributed by atoms with Crippen LogP contribution in [-0.2, 0) is 7.05 Å². The van der Waals surface area contributed by atoms with Gasteiger partial charge >= 0.3 is 5.82 Å². The number of anilines is 1. The van der Waals surface area contributed by atoms with Crippen LogP contribution in [0, 0.1) is 10.1 Å².